The van der Waals surface area contributed by atoms with Crippen molar-refractivity contribution in [2.24, 2.45) is 0 Å². The Morgan fingerprint density at radius 1 is 1.00 bits per heavy atom. The summed E-state index contributed by atoms with van der Waals surface area (Å²) in [6, 6.07) is 0. The first-order chi connectivity index (χ1) is 0. The van der Waals surface area contributed by atoms with Crippen LogP contribution in [0.15, 0.2) is 0 Å². The van der Waals surface area contributed by atoms with Crippen molar-refractivity contribution in [2.75, 3.05) is 0 Å². The summed E-state index contributed by atoms with van der Waals surface area (Å²) in [5, 5.41) is 0. The molecule has 0 rings (SSSR count). The molecule has 5 heavy (non-hydrogen) atoms. The Bertz CT molecular complexity index is 11.6. The molecule has 0 amide bonds. The van der Waals surface area contributed by atoms with Gasteiger partial charge in [0, 0.05) is 67.4 Å². The van der Waals surface area contributed by atoms with Crippen molar-refractivity contribution in [1.29, 1.82) is 0 Å². The second-order valence-corrected chi connectivity index (χ2v) is 0. The molecule has 2 radical (unpaired) electrons. The summed E-state index contributed by atoms with van der Waals surface area (Å²) in [6.07, 6.45) is 0. The molecule has 0 spiro atoms. The minimum Gasteiger partial charge on any atom is -0.412 e. The molecule has 5 heteroatoms. The Hall–Kier alpha value is 2.00. The number of hydrogen-bond donors (Lipinski definition) is 0. The fourth-order valence-corrected chi connectivity index (χ4v) is 0. The Kier molecular flexibility index (Phi) is 473. The molecule has 0 aliphatic heterocycles. The molecule has 0 aromatic carbocycles. The Balaban J connectivity index is 0. The van der Waals surface area contributed by atoms with E-state index < -0.39 is 0 Å². The van der Waals surface area contributed by atoms with Crippen LogP contribution in [0.4, 0.5) is 0 Å². The van der Waals surface area contributed by atoms with Crippen molar-refractivity contribution in [3.63, 3.8) is 0 Å². The van der Waals surface area contributed by atoms with E-state index >= 15 is 0 Å². The topological polar surface area (TPSA) is 31.5 Å². The van der Waals surface area contributed by atoms with Crippen LogP contribution < -0.4 is 0 Å². The molecule has 0 aliphatic rings. The van der Waals surface area contributed by atoms with Gasteiger partial charge in [0.2, 0.25) is 0 Å². The normalized spacial score (nSPS) is 0. The van der Waals surface area contributed by atoms with Gasteiger partial charge in [-0.3, -0.25) is 0 Å². The Morgan fingerprint density at radius 3 is 1.00 bits per heavy atom. The fraction of sp³-hybridized carbons (Fsp3) is 0. The molecule has 46 valence electrons. The first-order valence-corrected chi connectivity index (χ1v) is 0. The number of rotatable bonds is 0. The summed E-state index contributed by atoms with van der Waals surface area (Å²) in [7, 11) is 0. The van der Waals surface area contributed by atoms with Gasteiger partial charge in [-0.25, -0.2) is 0 Å². The predicted octanol–water partition coefficient (Wildman–Crippen LogP) is -0.835. The smallest absolute Gasteiger partial charge is 0 e. The van der Waals surface area contributed by atoms with Gasteiger partial charge in [0.1, 0.15) is 0 Å². The van der Waals surface area contributed by atoms with Crippen LogP contribution >= 0.6 is 0 Å². The van der Waals surface area contributed by atoms with Crippen LogP contribution in [0.5, 0.6) is 0 Å². The van der Waals surface area contributed by atoms with Gasteiger partial charge >= 0.3 is 0 Å². The Labute approximate surface area is 72.4 Å². The van der Waals surface area contributed by atoms with Crippen molar-refractivity contribution in [1.82, 2.24) is 0 Å². The van der Waals surface area contributed by atoms with E-state index in [0.717, 1.165) is 0 Å². The van der Waals surface area contributed by atoms with Gasteiger partial charge < -0.3 is 5.48 Å². The summed E-state index contributed by atoms with van der Waals surface area (Å²) in [5.74, 6) is 0. The van der Waals surface area contributed by atoms with Gasteiger partial charge in [-0.1, -0.05) is 0 Å². The van der Waals surface area contributed by atoms with E-state index in [-0.39, 0.29) is 72.9 Å². The van der Waals surface area contributed by atoms with Gasteiger partial charge in [0.05, 0.1) is 0 Å². The molecule has 0 aromatic heterocycles. The van der Waals surface area contributed by atoms with Crippen LogP contribution in [-0.4, -0.2) is 5.48 Å². The maximum Gasteiger partial charge on any atom is 0 e. The summed E-state index contributed by atoms with van der Waals surface area (Å²) >= 11 is 0. The summed E-state index contributed by atoms with van der Waals surface area (Å²) in [6.45, 7) is 0. The van der Waals surface area contributed by atoms with Crippen molar-refractivity contribution >= 4 is 0 Å². The molecule has 0 aliphatic carbocycles. The van der Waals surface area contributed by atoms with Crippen molar-refractivity contribution in [3.8, 4) is 0 Å². The van der Waals surface area contributed by atoms with Crippen LogP contribution in [0, 0.1) is 0 Å². The number of hydrogen-bond acceptors (Lipinski definition) is 0. The third kappa shape index (κ3) is 24.0. The predicted molar refractivity (Wildman–Crippen MR) is 3.61 cm³/mol. The van der Waals surface area contributed by atoms with Crippen LogP contribution in [0.1, 0.15) is 0 Å². The molecule has 0 heterocycles. The maximum absolute atomic E-state index is 0. The first kappa shape index (κ1) is 63.0. The van der Waals surface area contributed by atoms with Crippen molar-refractivity contribution in [3.05, 3.63) is 0 Å². The third-order valence-corrected chi connectivity index (χ3v) is 0. The monoisotopic (exact) mass is 254 g/mol. The minimum atomic E-state index is 0. The molecule has 0 fully saturated rings. The van der Waals surface area contributed by atoms with Crippen molar-refractivity contribution < 1.29 is 72.9 Å². The van der Waals surface area contributed by atoms with Gasteiger partial charge in [0.15, 0.2) is 0 Å². The largest absolute Gasteiger partial charge is 0.412 e. The van der Waals surface area contributed by atoms with E-state index in [2.05, 4.69) is 0 Å². The van der Waals surface area contributed by atoms with Gasteiger partial charge in [-0.2, -0.15) is 0 Å². The molecule has 0 aromatic rings. The molecular weight excluding hydrogens is 253 g/mol. The summed E-state index contributed by atoms with van der Waals surface area (Å²) in [4.78, 5) is 0. The average Bonchev–Trinajstić information content (AvgIpc) is 0. The maximum atomic E-state index is 0. The molecule has 0 saturated carbocycles. The standard InChI is InChI=1S/Co.Cu.Fe.Ni.H2O/h;;;;1H2. The molecule has 0 bridgehead atoms. The molecule has 2 N–H and O–H groups in total. The van der Waals surface area contributed by atoms with Crippen LogP contribution in [0.3, 0.4) is 0 Å². The van der Waals surface area contributed by atoms with Gasteiger partial charge in [-0.15, -0.1) is 0 Å². The first-order valence-electron chi connectivity index (χ1n) is 0. The second-order valence-electron chi connectivity index (χ2n) is 0. The fourth-order valence-electron chi connectivity index (χ4n) is 0. The quantitative estimate of drug-likeness (QED) is 0.506. The van der Waals surface area contributed by atoms with Crippen molar-refractivity contribution in [2.45, 2.75) is 0 Å². The van der Waals surface area contributed by atoms with Crippen LogP contribution in [0.25, 0.3) is 0 Å². The molecule has 0 saturated heterocycles. The van der Waals surface area contributed by atoms with E-state index in [1.807, 2.05) is 0 Å². The van der Waals surface area contributed by atoms with E-state index in [0.29, 0.717) is 0 Å². The average molecular weight is 255 g/mol. The van der Waals surface area contributed by atoms with E-state index in [1.54, 1.807) is 0 Å². The van der Waals surface area contributed by atoms with E-state index in [9.17, 15) is 0 Å². The van der Waals surface area contributed by atoms with E-state index in [4.69, 9.17) is 0 Å². The SMILES string of the molecule is O.[Co].[Cu].[Fe].[Ni]. The molecular formula is H2CoCuFeNiO. The van der Waals surface area contributed by atoms with Gasteiger partial charge in [0.25, 0.3) is 0 Å². The Morgan fingerprint density at radius 2 is 1.00 bits per heavy atom. The van der Waals surface area contributed by atoms with Gasteiger partial charge in [-0.05, 0) is 0 Å². The van der Waals surface area contributed by atoms with E-state index in [1.165, 1.54) is 0 Å². The second kappa shape index (κ2) is 37.5. The van der Waals surface area contributed by atoms with Crippen LogP contribution in [0.2, 0.25) is 0 Å². The summed E-state index contributed by atoms with van der Waals surface area (Å²) in [5.41, 5.74) is 0. The molecule has 1 nitrogen and oxygen atoms in total. The zero-order valence-corrected chi connectivity index (χ0v) is 5.88. The molecule has 0 unspecified atom stereocenters. The molecule has 0 atom stereocenters. The third-order valence-electron chi connectivity index (χ3n) is 0. The minimum absolute atomic E-state index is 0. The zero-order valence-electron chi connectivity index (χ0n) is 1.80. The van der Waals surface area contributed by atoms with Crippen LogP contribution in [-0.2, 0) is 67.4 Å². The zero-order chi connectivity index (χ0) is 0. The summed E-state index contributed by atoms with van der Waals surface area (Å²) < 4.78 is 0.